The molecule has 38 heavy (non-hydrogen) atoms. The predicted octanol–water partition coefficient (Wildman–Crippen LogP) is 6.04. The number of hydrogen-bond donors (Lipinski definition) is 1. The number of likely N-dealkylation sites (tertiary alicyclic amines) is 1. The molecule has 3 fully saturated rings. The third-order valence-corrected chi connectivity index (χ3v) is 11.3. The topological polar surface area (TPSA) is 62.7 Å². The maximum absolute atomic E-state index is 13.1. The zero-order valence-corrected chi connectivity index (χ0v) is 23.6. The van der Waals surface area contributed by atoms with Gasteiger partial charge in [-0.25, -0.2) is 0 Å². The van der Waals surface area contributed by atoms with Gasteiger partial charge in [-0.1, -0.05) is 37.6 Å². The van der Waals surface area contributed by atoms with Gasteiger partial charge in [0.2, 0.25) is 0 Å². The summed E-state index contributed by atoms with van der Waals surface area (Å²) in [5.74, 6) is 2.20. The molecule has 0 amide bonds. The van der Waals surface area contributed by atoms with Crippen LogP contribution in [0, 0.1) is 34.5 Å². The fourth-order valence-corrected chi connectivity index (χ4v) is 9.25. The average molecular weight is 519 g/mol. The fraction of sp³-hybridized carbons (Fsp3) is 0.697. The third-order valence-electron chi connectivity index (χ3n) is 11.3. The first-order chi connectivity index (χ1) is 18.3. The Hall–Kier alpha value is -1.98. The average Bonchev–Trinajstić information content (AvgIpc) is 3.26. The lowest BCUT2D eigenvalue weighted by Crippen LogP contribution is -2.50. The molecule has 0 aromatic carbocycles. The number of carbonyl (C=O) groups is 1. The first-order valence-corrected chi connectivity index (χ1v) is 15.2. The highest BCUT2D eigenvalue weighted by Crippen LogP contribution is 2.66. The van der Waals surface area contributed by atoms with Gasteiger partial charge in [0.25, 0.3) is 0 Å². The molecule has 1 aromatic rings. The van der Waals surface area contributed by atoms with Crippen LogP contribution in [-0.4, -0.2) is 52.8 Å². The molecule has 7 atom stereocenters. The highest BCUT2D eigenvalue weighted by atomic mass is 16.5. The van der Waals surface area contributed by atoms with Crippen molar-refractivity contribution in [3.05, 3.63) is 47.8 Å². The van der Waals surface area contributed by atoms with Crippen LogP contribution in [0.25, 0.3) is 5.57 Å². The Morgan fingerprint density at radius 2 is 1.89 bits per heavy atom. The summed E-state index contributed by atoms with van der Waals surface area (Å²) in [6.45, 7) is 9.32. The molecule has 1 N–H and O–H groups in total. The molecule has 5 heteroatoms. The Morgan fingerprint density at radius 3 is 2.63 bits per heavy atom. The largest absolute Gasteiger partial charge is 0.462 e. The number of aliphatic hydroxyl groups excluding tert-OH is 1. The molecule has 0 bridgehead atoms. The normalized spacial score (nSPS) is 38.3. The Morgan fingerprint density at radius 1 is 1.11 bits per heavy atom. The van der Waals surface area contributed by atoms with Crippen LogP contribution in [0.1, 0.15) is 84.1 Å². The highest BCUT2D eigenvalue weighted by molar-refractivity contribution is 5.73. The molecular weight excluding hydrogens is 472 g/mol. The van der Waals surface area contributed by atoms with E-state index in [0.717, 1.165) is 57.0 Å². The van der Waals surface area contributed by atoms with Crippen LogP contribution in [0.3, 0.4) is 0 Å². The number of β-amino-alcohol motifs (C(OH)–C–C–N with tert-alkyl or cyclic N) is 1. The zero-order valence-electron chi connectivity index (χ0n) is 23.6. The summed E-state index contributed by atoms with van der Waals surface area (Å²) < 4.78 is 6.16. The number of allylic oxidation sites excluding steroid dienone is 3. The standard InChI is InChI=1S/C33H46N2O3/c1-22(36)21-35-17-12-23(13-18-35)31(37)38-26-10-14-32(2)25(19-26)6-7-27-29-9-8-28(24-5-4-16-34-20-24)33(29,3)15-11-30(27)32/h4-6,8,16,20,22-23,26-27,29-30,36H,7,9-15,17-19,21H2,1-3H3/t22?,26?,27?,29-,30-,32?,33?/m0/s1. The quantitative estimate of drug-likeness (QED) is 0.380. The summed E-state index contributed by atoms with van der Waals surface area (Å²) in [5, 5.41) is 9.66. The number of aromatic nitrogens is 1. The lowest BCUT2D eigenvalue weighted by atomic mass is 9.47. The van der Waals surface area contributed by atoms with E-state index in [1.54, 1.807) is 5.57 Å². The van der Waals surface area contributed by atoms with E-state index in [4.69, 9.17) is 4.74 Å². The minimum absolute atomic E-state index is 0.0120. The van der Waals surface area contributed by atoms with Gasteiger partial charge >= 0.3 is 5.97 Å². The Bertz CT molecular complexity index is 1090. The van der Waals surface area contributed by atoms with Gasteiger partial charge in [-0.2, -0.15) is 0 Å². The van der Waals surface area contributed by atoms with Crippen LogP contribution >= 0.6 is 0 Å². The second-order valence-electron chi connectivity index (χ2n) is 13.5. The van der Waals surface area contributed by atoms with Gasteiger partial charge < -0.3 is 14.7 Å². The molecule has 0 spiro atoms. The van der Waals surface area contributed by atoms with Gasteiger partial charge in [0.1, 0.15) is 6.10 Å². The van der Waals surface area contributed by atoms with Crippen molar-refractivity contribution in [1.29, 1.82) is 0 Å². The van der Waals surface area contributed by atoms with Crippen LogP contribution in [-0.2, 0) is 9.53 Å². The molecular formula is C33H46N2O3. The van der Waals surface area contributed by atoms with Crippen molar-refractivity contribution >= 4 is 11.5 Å². The number of piperidine rings is 1. The van der Waals surface area contributed by atoms with E-state index in [1.165, 1.54) is 36.8 Å². The van der Waals surface area contributed by atoms with Gasteiger partial charge in [0.05, 0.1) is 12.0 Å². The van der Waals surface area contributed by atoms with E-state index in [1.807, 2.05) is 19.3 Å². The summed E-state index contributed by atoms with van der Waals surface area (Å²) in [7, 11) is 0. The molecule has 206 valence electrons. The number of aliphatic hydroxyl groups is 1. The molecule has 2 heterocycles. The fourth-order valence-electron chi connectivity index (χ4n) is 9.25. The minimum atomic E-state index is -0.315. The number of hydrogen-bond acceptors (Lipinski definition) is 5. The van der Waals surface area contributed by atoms with Gasteiger partial charge in [-0.3, -0.25) is 9.78 Å². The van der Waals surface area contributed by atoms with Crippen molar-refractivity contribution in [3.63, 3.8) is 0 Å². The van der Waals surface area contributed by atoms with Crippen LogP contribution in [0.5, 0.6) is 0 Å². The number of rotatable bonds is 5. The molecule has 5 aliphatic rings. The Kier molecular flexibility index (Phi) is 7.05. The summed E-state index contributed by atoms with van der Waals surface area (Å²) in [4.78, 5) is 19.7. The molecule has 1 aliphatic heterocycles. The van der Waals surface area contributed by atoms with Crippen molar-refractivity contribution < 1.29 is 14.6 Å². The number of pyridine rings is 1. The van der Waals surface area contributed by atoms with Crippen molar-refractivity contribution in [2.45, 2.75) is 90.8 Å². The molecule has 1 saturated heterocycles. The van der Waals surface area contributed by atoms with E-state index in [9.17, 15) is 9.90 Å². The second kappa shape index (κ2) is 10.2. The van der Waals surface area contributed by atoms with Crippen molar-refractivity contribution in [1.82, 2.24) is 9.88 Å². The smallest absolute Gasteiger partial charge is 0.309 e. The molecule has 5 unspecified atom stereocenters. The van der Waals surface area contributed by atoms with Crippen LogP contribution in [0.15, 0.2) is 42.3 Å². The molecule has 1 aromatic heterocycles. The summed E-state index contributed by atoms with van der Waals surface area (Å²) in [6.07, 6.45) is 18.4. The Balaban J connectivity index is 1.10. The number of fused-ring (bicyclic) bond motifs is 5. The second-order valence-corrected chi connectivity index (χ2v) is 13.5. The molecule has 0 radical (unpaired) electrons. The number of ether oxygens (including phenoxy) is 1. The maximum atomic E-state index is 13.1. The monoisotopic (exact) mass is 518 g/mol. The first-order valence-electron chi connectivity index (χ1n) is 15.2. The van der Waals surface area contributed by atoms with Crippen LogP contribution < -0.4 is 0 Å². The SMILES string of the molecule is CC(O)CN1CCC(C(=O)OC2CCC3(C)C(=CCC4[C@@H]3CCC3(C)C(c5cccnc5)=CC[C@@H]43)C2)CC1. The summed E-state index contributed by atoms with van der Waals surface area (Å²) in [5.41, 5.74) is 4.91. The molecule has 6 rings (SSSR count). The van der Waals surface area contributed by atoms with Crippen molar-refractivity contribution in [3.8, 4) is 0 Å². The van der Waals surface area contributed by atoms with Crippen LogP contribution in [0.4, 0.5) is 0 Å². The van der Waals surface area contributed by atoms with E-state index < -0.39 is 0 Å². The highest BCUT2D eigenvalue weighted by Gasteiger charge is 2.57. The van der Waals surface area contributed by atoms with Crippen LogP contribution in [0.2, 0.25) is 0 Å². The van der Waals surface area contributed by atoms with E-state index in [0.29, 0.717) is 12.5 Å². The van der Waals surface area contributed by atoms with Gasteiger partial charge in [-0.05, 0) is 117 Å². The maximum Gasteiger partial charge on any atom is 0.309 e. The number of carbonyl (C=O) groups excluding carboxylic acids is 1. The minimum Gasteiger partial charge on any atom is -0.462 e. The number of nitrogens with zero attached hydrogens (tertiary/aromatic N) is 2. The van der Waals surface area contributed by atoms with Gasteiger partial charge in [0, 0.05) is 25.4 Å². The lowest BCUT2D eigenvalue weighted by Gasteiger charge is -2.58. The first kappa shape index (κ1) is 26.3. The van der Waals surface area contributed by atoms with Gasteiger partial charge in [0.15, 0.2) is 0 Å². The van der Waals surface area contributed by atoms with E-state index in [-0.39, 0.29) is 34.9 Å². The number of esters is 1. The van der Waals surface area contributed by atoms with Gasteiger partial charge in [-0.15, -0.1) is 0 Å². The molecule has 2 saturated carbocycles. The predicted molar refractivity (Wildman–Crippen MR) is 150 cm³/mol. The lowest BCUT2D eigenvalue weighted by molar-refractivity contribution is -0.158. The van der Waals surface area contributed by atoms with E-state index >= 15 is 0 Å². The molecule has 5 nitrogen and oxygen atoms in total. The van der Waals surface area contributed by atoms with Crippen molar-refractivity contribution in [2.75, 3.05) is 19.6 Å². The van der Waals surface area contributed by atoms with Crippen molar-refractivity contribution in [2.24, 2.45) is 34.5 Å². The van der Waals surface area contributed by atoms with E-state index in [2.05, 4.69) is 48.0 Å². The Labute approximate surface area is 228 Å². The third kappa shape index (κ3) is 4.58. The summed E-state index contributed by atoms with van der Waals surface area (Å²) in [6, 6.07) is 4.31. The zero-order chi connectivity index (χ0) is 26.5. The summed E-state index contributed by atoms with van der Waals surface area (Å²) >= 11 is 0. The molecule has 4 aliphatic carbocycles.